The largest absolute Gasteiger partial charge is 0.396 e. The summed E-state index contributed by atoms with van der Waals surface area (Å²) in [6, 6.07) is 10.6. The predicted molar refractivity (Wildman–Crippen MR) is 107 cm³/mol. The zero-order valence-corrected chi connectivity index (χ0v) is 15.7. The predicted octanol–water partition coefficient (Wildman–Crippen LogP) is 3.54. The molecule has 4 heteroatoms. The van der Waals surface area contributed by atoms with Crippen LogP contribution >= 0.6 is 0 Å². The molecule has 1 atom stereocenters. The fraction of sp³-hybridized carbons (Fsp3) is 0.571. The Morgan fingerprint density at radius 2 is 2.04 bits per heavy atom. The SMILES string of the molecule is CCCC(CCO)CN=C(NCC)N1CC=C(c2ccccc2)CC1. The van der Waals surface area contributed by atoms with Crippen LogP contribution in [0.2, 0.25) is 0 Å². The monoisotopic (exact) mass is 343 g/mol. The van der Waals surface area contributed by atoms with E-state index in [-0.39, 0.29) is 6.61 Å². The topological polar surface area (TPSA) is 47.9 Å². The molecule has 0 saturated carbocycles. The van der Waals surface area contributed by atoms with Gasteiger partial charge in [-0.2, -0.15) is 0 Å². The van der Waals surface area contributed by atoms with Gasteiger partial charge in [0.25, 0.3) is 0 Å². The molecule has 0 aromatic heterocycles. The normalized spacial score (nSPS) is 16.5. The number of aliphatic hydroxyl groups excluding tert-OH is 1. The number of aliphatic imine (C=N–C) groups is 1. The molecule has 138 valence electrons. The van der Waals surface area contributed by atoms with E-state index in [1.807, 2.05) is 0 Å². The second-order valence-electron chi connectivity index (χ2n) is 6.65. The summed E-state index contributed by atoms with van der Waals surface area (Å²) in [5, 5.41) is 12.7. The van der Waals surface area contributed by atoms with Crippen molar-refractivity contribution in [2.24, 2.45) is 10.9 Å². The van der Waals surface area contributed by atoms with E-state index in [1.54, 1.807) is 0 Å². The molecule has 1 aromatic rings. The van der Waals surface area contributed by atoms with E-state index in [9.17, 15) is 5.11 Å². The Labute approximate surface area is 152 Å². The molecule has 4 nitrogen and oxygen atoms in total. The molecule has 1 aliphatic heterocycles. The number of rotatable bonds is 8. The summed E-state index contributed by atoms with van der Waals surface area (Å²) in [6.45, 7) is 8.12. The van der Waals surface area contributed by atoms with Gasteiger partial charge in [0.1, 0.15) is 0 Å². The first kappa shape index (κ1) is 19.5. The Bertz CT molecular complexity index is 548. The minimum absolute atomic E-state index is 0.254. The van der Waals surface area contributed by atoms with Crippen molar-refractivity contribution >= 4 is 11.5 Å². The average molecular weight is 344 g/mol. The number of nitrogens with zero attached hydrogens (tertiary/aromatic N) is 2. The lowest BCUT2D eigenvalue weighted by Crippen LogP contribution is -2.43. The van der Waals surface area contributed by atoms with Gasteiger partial charge in [0.05, 0.1) is 0 Å². The Morgan fingerprint density at radius 3 is 2.64 bits per heavy atom. The van der Waals surface area contributed by atoms with Crippen LogP contribution in [0, 0.1) is 5.92 Å². The van der Waals surface area contributed by atoms with Crippen molar-refractivity contribution < 1.29 is 5.11 Å². The maximum atomic E-state index is 9.24. The number of nitrogens with one attached hydrogen (secondary N) is 1. The highest BCUT2D eigenvalue weighted by Crippen LogP contribution is 2.22. The smallest absolute Gasteiger partial charge is 0.194 e. The fourth-order valence-electron chi connectivity index (χ4n) is 3.34. The van der Waals surface area contributed by atoms with Gasteiger partial charge in [0.15, 0.2) is 5.96 Å². The van der Waals surface area contributed by atoms with Gasteiger partial charge in [-0.3, -0.25) is 4.99 Å². The quantitative estimate of drug-likeness (QED) is 0.561. The van der Waals surface area contributed by atoms with E-state index in [2.05, 4.69) is 60.5 Å². The van der Waals surface area contributed by atoms with Crippen LogP contribution in [0.4, 0.5) is 0 Å². The molecule has 2 rings (SSSR count). The molecular formula is C21H33N3O. The fourth-order valence-corrected chi connectivity index (χ4v) is 3.34. The third-order valence-electron chi connectivity index (χ3n) is 4.72. The Morgan fingerprint density at radius 1 is 1.24 bits per heavy atom. The molecule has 0 aliphatic carbocycles. The van der Waals surface area contributed by atoms with Crippen molar-refractivity contribution in [1.29, 1.82) is 0 Å². The minimum Gasteiger partial charge on any atom is -0.396 e. The lowest BCUT2D eigenvalue weighted by Gasteiger charge is -2.30. The van der Waals surface area contributed by atoms with Crippen molar-refractivity contribution in [3.8, 4) is 0 Å². The average Bonchev–Trinajstić information content (AvgIpc) is 2.66. The molecular weight excluding hydrogens is 310 g/mol. The van der Waals surface area contributed by atoms with E-state index in [0.717, 1.165) is 57.8 Å². The van der Waals surface area contributed by atoms with Crippen LogP contribution in [-0.4, -0.2) is 48.8 Å². The van der Waals surface area contributed by atoms with Crippen LogP contribution in [0.1, 0.15) is 45.1 Å². The molecule has 1 unspecified atom stereocenters. The van der Waals surface area contributed by atoms with Gasteiger partial charge in [-0.15, -0.1) is 0 Å². The van der Waals surface area contributed by atoms with Gasteiger partial charge in [-0.05, 0) is 43.2 Å². The van der Waals surface area contributed by atoms with Crippen LogP contribution in [-0.2, 0) is 0 Å². The highest BCUT2D eigenvalue weighted by atomic mass is 16.3. The van der Waals surface area contributed by atoms with Gasteiger partial charge in [0, 0.05) is 32.8 Å². The van der Waals surface area contributed by atoms with Crippen LogP contribution in [0.25, 0.3) is 5.57 Å². The molecule has 1 aromatic carbocycles. The van der Waals surface area contributed by atoms with Crippen molar-refractivity contribution in [1.82, 2.24) is 10.2 Å². The summed E-state index contributed by atoms with van der Waals surface area (Å²) >= 11 is 0. The minimum atomic E-state index is 0.254. The molecule has 0 bridgehead atoms. The van der Waals surface area contributed by atoms with Crippen molar-refractivity contribution in [3.63, 3.8) is 0 Å². The summed E-state index contributed by atoms with van der Waals surface area (Å²) in [4.78, 5) is 7.19. The van der Waals surface area contributed by atoms with Gasteiger partial charge in [-0.25, -0.2) is 0 Å². The Kier molecular flexibility index (Phi) is 8.53. The lowest BCUT2D eigenvalue weighted by molar-refractivity contribution is 0.253. The van der Waals surface area contributed by atoms with Crippen LogP contribution in [0.15, 0.2) is 41.4 Å². The van der Waals surface area contributed by atoms with Gasteiger partial charge in [-0.1, -0.05) is 49.8 Å². The van der Waals surface area contributed by atoms with E-state index < -0.39 is 0 Å². The number of guanidine groups is 1. The van der Waals surface area contributed by atoms with E-state index in [4.69, 9.17) is 4.99 Å². The standard InChI is InChI=1S/C21H33N3O/c1-3-8-18(13-16-25)17-23-21(22-4-2)24-14-11-20(12-15-24)19-9-6-5-7-10-19/h5-7,9-11,18,25H,3-4,8,12-17H2,1-2H3,(H,22,23). The molecule has 0 saturated heterocycles. The molecule has 1 heterocycles. The maximum Gasteiger partial charge on any atom is 0.194 e. The first-order chi connectivity index (χ1) is 12.3. The summed E-state index contributed by atoms with van der Waals surface area (Å²) in [5.41, 5.74) is 2.76. The van der Waals surface area contributed by atoms with E-state index in [0.29, 0.717) is 5.92 Å². The second-order valence-corrected chi connectivity index (χ2v) is 6.65. The van der Waals surface area contributed by atoms with Crippen LogP contribution in [0.3, 0.4) is 0 Å². The molecule has 0 spiro atoms. The Balaban J connectivity index is 2.00. The van der Waals surface area contributed by atoms with E-state index >= 15 is 0 Å². The number of aliphatic hydroxyl groups is 1. The molecule has 0 fully saturated rings. The van der Waals surface area contributed by atoms with Crippen molar-refractivity contribution in [3.05, 3.63) is 42.0 Å². The number of hydrogen-bond acceptors (Lipinski definition) is 2. The molecule has 2 N–H and O–H groups in total. The third kappa shape index (κ3) is 6.20. The molecule has 25 heavy (non-hydrogen) atoms. The highest BCUT2D eigenvalue weighted by Gasteiger charge is 2.16. The zero-order chi connectivity index (χ0) is 17.9. The zero-order valence-electron chi connectivity index (χ0n) is 15.7. The van der Waals surface area contributed by atoms with Gasteiger partial charge in [0.2, 0.25) is 0 Å². The first-order valence-electron chi connectivity index (χ1n) is 9.67. The summed E-state index contributed by atoms with van der Waals surface area (Å²) in [6.07, 6.45) is 6.48. The molecule has 1 aliphatic rings. The van der Waals surface area contributed by atoms with Crippen molar-refractivity contribution in [2.45, 2.75) is 39.5 Å². The van der Waals surface area contributed by atoms with Gasteiger partial charge < -0.3 is 15.3 Å². The first-order valence-corrected chi connectivity index (χ1v) is 9.67. The molecule has 0 amide bonds. The summed E-state index contributed by atoms with van der Waals surface area (Å²) in [7, 11) is 0. The second kappa shape index (κ2) is 10.9. The number of benzene rings is 1. The third-order valence-corrected chi connectivity index (χ3v) is 4.72. The Hall–Kier alpha value is -1.81. The van der Waals surface area contributed by atoms with Crippen LogP contribution < -0.4 is 5.32 Å². The van der Waals surface area contributed by atoms with Gasteiger partial charge >= 0.3 is 0 Å². The maximum absolute atomic E-state index is 9.24. The highest BCUT2D eigenvalue weighted by molar-refractivity contribution is 5.81. The van der Waals surface area contributed by atoms with E-state index in [1.165, 1.54) is 11.1 Å². The lowest BCUT2D eigenvalue weighted by atomic mass is 9.99. The van der Waals surface area contributed by atoms with Crippen molar-refractivity contribution in [2.75, 3.05) is 32.8 Å². The molecule has 0 radical (unpaired) electrons. The number of hydrogen-bond donors (Lipinski definition) is 2. The van der Waals surface area contributed by atoms with Crippen LogP contribution in [0.5, 0.6) is 0 Å². The summed E-state index contributed by atoms with van der Waals surface area (Å²) < 4.78 is 0. The summed E-state index contributed by atoms with van der Waals surface area (Å²) in [5.74, 6) is 1.48.